The molecule has 0 unspecified atom stereocenters. The molecule has 13 N–H and O–H groups in total. The summed E-state index contributed by atoms with van der Waals surface area (Å²) in [7, 11) is 0. The van der Waals surface area contributed by atoms with Crippen LogP contribution in [-0.4, -0.2) is 117 Å². The van der Waals surface area contributed by atoms with Gasteiger partial charge in [0.1, 0.15) is 30.2 Å². The number of aliphatic hydroxyl groups is 2. The van der Waals surface area contributed by atoms with Gasteiger partial charge in [-0.1, -0.05) is 44.2 Å². The summed E-state index contributed by atoms with van der Waals surface area (Å²) in [5.41, 5.74) is 11.6. The number of carboxylic acid groups (broad SMARTS) is 2. The Morgan fingerprint density at radius 3 is 1.67 bits per heavy atom. The predicted octanol–water partition coefficient (Wildman–Crippen LogP) is -4.17. The Balaban J connectivity index is 3.08. The zero-order valence-electron chi connectivity index (χ0n) is 27.3. The van der Waals surface area contributed by atoms with Crippen LogP contribution < -0.4 is 38.1 Å². The van der Waals surface area contributed by atoms with Gasteiger partial charge in [-0.3, -0.25) is 33.6 Å². The Kier molecular flexibility index (Phi) is 17.3. The molecule has 6 amide bonds. The van der Waals surface area contributed by atoms with E-state index in [0.717, 1.165) is 6.92 Å². The van der Waals surface area contributed by atoms with Crippen LogP contribution in [0.3, 0.4) is 0 Å². The second kappa shape index (κ2) is 20.3. The second-order valence-electron chi connectivity index (χ2n) is 11.7. The molecular weight excluding hydrogens is 650 g/mol. The van der Waals surface area contributed by atoms with E-state index in [0.29, 0.717) is 5.56 Å². The zero-order chi connectivity index (χ0) is 37.4. The van der Waals surface area contributed by atoms with Crippen molar-refractivity contribution in [2.75, 3.05) is 6.61 Å². The van der Waals surface area contributed by atoms with E-state index in [9.17, 15) is 58.8 Å². The van der Waals surface area contributed by atoms with Gasteiger partial charge in [0.05, 0.1) is 31.6 Å². The molecule has 272 valence electrons. The number of aliphatic carboxylic acids is 2. The van der Waals surface area contributed by atoms with Crippen LogP contribution in [0, 0.1) is 5.92 Å². The summed E-state index contributed by atoms with van der Waals surface area (Å²) in [6, 6.07) is -1.49. The van der Waals surface area contributed by atoms with E-state index in [1.807, 2.05) is 0 Å². The molecule has 0 bridgehead atoms. The minimum absolute atomic E-state index is 0.00533. The maximum atomic E-state index is 13.1. The minimum Gasteiger partial charge on any atom is -0.481 e. The topological polar surface area (TPSA) is 330 Å². The van der Waals surface area contributed by atoms with Crippen LogP contribution >= 0.6 is 0 Å². The van der Waals surface area contributed by atoms with Crippen LogP contribution in [0.4, 0.5) is 0 Å². The number of carboxylic acids is 2. The molecule has 19 nitrogen and oxygen atoms in total. The SMILES string of the molecule is CC(C)C[C@H](N)C(=O)N[C@@H](CC(=O)O)C(=O)N[C@H](C(=O)N[C@@H](CO)C(=O)N[C@@H](CC(N)=O)C(=O)N[C@@H](Cc1ccccc1)C(=O)O)[C@@H](C)O. The van der Waals surface area contributed by atoms with Gasteiger partial charge < -0.3 is 58.5 Å². The van der Waals surface area contributed by atoms with Crippen molar-refractivity contribution in [2.45, 2.75) is 88.8 Å². The lowest BCUT2D eigenvalue weighted by atomic mass is 10.0. The fourth-order valence-electron chi connectivity index (χ4n) is 4.40. The number of carbonyl (C=O) groups is 8. The molecule has 0 saturated carbocycles. The number of nitrogens with one attached hydrogen (secondary N) is 5. The molecule has 0 aliphatic heterocycles. The van der Waals surface area contributed by atoms with E-state index in [1.165, 1.54) is 0 Å². The molecule has 19 heteroatoms. The molecule has 1 aromatic rings. The van der Waals surface area contributed by atoms with Gasteiger partial charge in [-0.05, 0) is 24.8 Å². The summed E-state index contributed by atoms with van der Waals surface area (Å²) >= 11 is 0. The average Bonchev–Trinajstić information content (AvgIpc) is 3.00. The number of hydrogen-bond acceptors (Lipinski definition) is 11. The fourth-order valence-corrected chi connectivity index (χ4v) is 4.40. The van der Waals surface area contributed by atoms with Gasteiger partial charge >= 0.3 is 11.9 Å². The van der Waals surface area contributed by atoms with Crippen LogP contribution in [0.2, 0.25) is 0 Å². The molecule has 0 heterocycles. The Morgan fingerprint density at radius 2 is 1.18 bits per heavy atom. The molecule has 0 aromatic heterocycles. The number of hydrogen-bond donors (Lipinski definition) is 11. The van der Waals surface area contributed by atoms with E-state index in [-0.39, 0.29) is 18.8 Å². The van der Waals surface area contributed by atoms with Gasteiger partial charge in [-0.25, -0.2) is 4.79 Å². The number of amides is 6. The summed E-state index contributed by atoms with van der Waals surface area (Å²) in [4.78, 5) is 99.4. The molecule has 7 atom stereocenters. The van der Waals surface area contributed by atoms with Gasteiger partial charge in [-0.2, -0.15) is 0 Å². The highest BCUT2D eigenvalue weighted by Crippen LogP contribution is 2.07. The number of primary amides is 1. The largest absolute Gasteiger partial charge is 0.481 e. The Labute approximate surface area is 281 Å². The first kappa shape index (κ1) is 41.9. The molecule has 0 saturated heterocycles. The molecule has 49 heavy (non-hydrogen) atoms. The van der Waals surface area contributed by atoms with Gasteiger partial charge in [-0.15, -0.1) is 0 Å². The molecule has 0 fully saturated rings. The van der Waals surface area contributed by atoms with Crippen LogP contribution in [0.5, 0.6) is 0 Å². The van der Waals surface area contributed by atoms with Crippen LogP contribution in [-0.2, 0) is 44.8 Å². The van der Waals surface area contributed by atoms with Crippen LogP contribution in [0.15, 0.2) is 30.3 Å². The second-order valence-corrected chi connectivity index (χ2v) is 11.7. The maximum Gasteiger partial charge on any atom is 0.326 e. The quantitative estimate of drug-likeness (QED) is 0.0582. The Morgan fingerprint density at radius 1 is 0.694 bits per heavy atom. The molecule has 1 aromatic carbocycles. The third-order valence-electron chi connectivity index (χ3n) is 6.89. The average molecular weight is 696 g/mol. The lowest BCUT2D eigenvalue weighted by Gasteiger charge is -2.27. The van der Waals surface area contributed by atoms with E-state index in [1.54, 1.807) is 44.2 Å². The van der Waals surface area contributed by atoms with Crippen molar-refractivity contribution in [3.05, 3.63) is 35.9 Å². The van der Waals surface area contributed by atoms with Crippen molar-refractivity contribution < 1.29 is 58.8 Å². The molecular formula is C30H45N7O12. The Bertz CT molecular complexity index is 1340. The first-order chi connectivity index (χ1) is 22.9. The van der Waals surface area contributed by atoms with E-state index < -0.39 is 109 Å². The van der Waals surface area contributed by atoms with E-state index in [4.69, 9.17) is 11.5 Å². The van der Waals surface area contributed by atoms with Crippen LogP contribution in [0.1, 0.15) is 45.6 Å². The number of carbonyl (C=O) groups excluding carboxylic acids is 6. The van der Waals surface area contributed by atoms with Gasteiger partial charge in [0.25, 0.3) is 0 Å². The van der Waals surface area contributed by atoms with Crippen molar-refractivity contribution in [3.63, 3.8) is 0 Å². The summed E-state index contributed by atoms with van der Waals surface area (Å²) in [5.74, 6) is -9.62. The number of rotatable bonds is 21. The van der Waals surface area contributed by atoms with Crippen molar-refractivity contribution >= 4 is 47.4 Å². The number of benzene rings is 1. The highest BCUT2D eigenvalue weighted by molar-refractivity contribution is 5.98. The lowest BCUT2D eigenvalue weighted by molar-refractivity contribution is -0.143. The summed E-state index contributed by atoms with van der Waals surface area (Å²) in [6.07, 6.45) is -3.32. The predicted molar refractivity (Wildman–Crippen MR) is 170 cm³/mol. The molecule has 1 rings (SSSR count). The molecule has 0 spiro atoms. The van der Waals surface area contributed by atoms with Gasteiger partial charge in [0.15, 0.2) is 0 Å². The van der Waals surface area contributed by atoms with Crippen molar-refractivity contribution in [1.82, 2.24) is 26.6 Å². The molecule has 0 aliphatic rings. The van der Waals surface area contributed by atoms with Gasteiger partial charge in [0, 0.05) is 6.42 Å². The minimum atomic E-state index is -1.86. The summed E-state index contributed by atoms with van der Waals surface area (Å²) < 4.78 is 0. The normalized spacial score (nSPS) is 15.2. The molecule has 0 aliphatic carbocycles. The first-order valence-electron chi connectivity index (χ1n) is 15.2. The standard InChI is InChI=1S/C30H45N7O12/c1-14(2)9-17(31)25(43)33-19(12-23(41)42)27(45)37-24(15(3)39)29(47)36-21(13-38)28(46)34-18(11-22(32)40)26(44)35-20(30(48)49)10-16-7-5-4-6-8-16/h4-8,14-15,17-21,24,38-39H,9-13,31H2,1-3H3,(H2,32,40)(H,33,43)(H,34,46)(H,35,44)(H,36,47)(H,37,45)(H,41,42)(H,48,49)/t15-,17+,18+,19+,20+,21+,24+/m1/s1. The van der Waals surface area contributed by atoms with Crippen molar-refractivity contribution in [1.29, 1.82) is 0 Å². The number of nitrogens with two attached hydrogens (primary N) is 2. The summed E-state index contributed by atoms with van der Waals surface area (Å²) in [5, 5.41) is 49.6. The van der Waals surface area contributed by atoms with Crippen molar-refractivity contribution in [3.8, 4) is 0 Å². The maximum absolute atomic E-state index is 13.1. The van der Waals surface area contributed by atoms with Crippen LogP contribution in [0.25, 0.3) is 0 Å². The van der Waals surface area contributed by atoms with E-state index >= 15 is 0 Å². The van der Waals surface area contributed by atoms with E-state index in [2.05, 4.69) is 26.6 Å². The van der Waals surface area contributed by atoms with Crippen molar-refractivity contribution in [2.24, 2.45) is 17.4 Å². The smallest absolute Gasteiger partial charge is 0.326 e. The highest BCUT2D eigenvalue weighted by atomic mass is 16.4. The monoisotopic (exact) mass is 695 g/mol. The highest BCUT2D eigenvalue weighted by Gasteiger charge is 2.35. The third-order valence-corrected chi connectivity index (χ3v) is 6.89. The van der Waals surface area contributed by atoms with Gasteiger partial charge in [0.2, 0.25) is 35.4 Å². The fraction of sp³-hybridized carbons (Fsp3) is 0.533. The number of aliphatic hydroxyl groups excluding tert-OH is 2. The molecule has 0 radical (unpaired) electrons. The first-order valence-corrected chi connectivity index (χ1v) is 15.2. The summed E-state index contributed by atoms with van der Waals surface area (Å²) in [6.45, 7) is 3.55. The third kappa shape index (κ3) is 15.1. The zero-order valence-corrected chi connectivity index (χ0v) is 27.3. The Hall–Kier alpha value is -5.14. The lowest BCUT2D eigenvalue weighted by Crippen LogP contribution is -2.62.